The molecule has 0 radical (unpaired) electrons. The second-order valence-electron chi connectivity index (χ2n) is 6.89. The first-order valence-electron chi connectivity index (χ1n) is 9.20. The average Bonchev–Trinajstić information content (AvgIpc) is 3.21. The molecule has 142 valence electrons. The number of anilines is 1. The molecule has 6 heteroatoms. The first-order chi connectivity index (χ1) is 14.1. The van der Waals surface area contributed by atoms with Gasteiger partial charge in [-0.3, -0.25) is 0 Å². The molecule has 1 aliphatic heterocycles. The number of ether oxygens (including phenoxy) is 2. The second kappa shape index (κ2) is 7.53. The number of fused-ring (bicyclic) bond motifs is 1. The summed E-state index contributed by atoms with van der Waals surface area (Å²) < 4.78 is 10.8. The van der Waals surface area contributed by atoms with Crippen LogP contribution in [0.2, 0.25) is 0 Å². The van der Waals surface area contributed by atoms with Crippen molar-refractivity contribution >= 4 is 5.82 Å². The molecule has 4 rings (SSSR count). The van der Waals surface area contributed by atoms with Gasteiger partial charge in [0.25, 0.3) is 0 Å². The molecule has 0 saturated carbocycles. The molecule has 1 unspecified atom stereocenters. The number of hydrogen-bond donors (Lipinski definition) is 1. The third-order valence-corrected chi connectivity index (χ3v) is 4.99. The van der Waals surface area contributed by atoms with Crippen molar-refractivity contribution in [3.63, 3.8) is 0 Å². The summed E-state index contributed by atoms with van der Waals surface area (Å²) in [7, 11) is 0. The molecule has 29 heavy (non-hydrogen) atoms. The van der Waals surface area contributed by atoms with Crippen LogP contribution >= 0.6 is 0 Å². The van der Waals surface area contributed by atoms with Crippen LogP contribution in [0.3, 0.4) is 0 Å². The Kier molecular flexibility index (Phi) is 4.76. The van der Waals surface area contributed by atoms with E-state index in [9.17, 15) is 10.5 Å². The van der Waals surface area contributed by atoms with Gasteiger partial charge in [-0.25, -0.2) is 4.98 Å². The molecule has 0 bridgehead atoms. The third kappa shape index (κ3) is 3.33. The molecular weight excluding hydrogens is 364 g/mol. The molecular formula is C23H18N4O2. The number of nitrogen functional groups attached to an aromatic ring is 1. The van der Waals surface area contributed by atoms with Crippen LogP contribution in [0, 0.1) is 22.7 Å². The second-order valence-corrected chi connectivity index (χ2v) is 6.89. The van der Waals surface area contributed by atoms with Crippen molar-refractivity contribution in [2.75, 3.05) is 12.5 Å². The van der Waals surface area contributed by atoms with Gasteiger partial charge in [0.1, 0.15) is 23.5 Å². The zero-order valence-electron chi connectivity index (χ0n) is 15.8. The van der Waals surface area contributed by atoms with Gasteiger partial charge >= 0.3 is 0 Å². The summed E-state index contributed by atoms with van der Waals surface area (Å²) in [4.78, 5) is 4.45. The lowest BCUT2D eigenvalue weighted by Crippen LogP contribution is -2.10. The normalized spacial score (nSPS) is 12.8. The minimum absolute atomic E-state index is 0.0603. The summed E-state index contributed by atoms with van der Waals surface area (Å²) in [6.07, 6.45) is 0.703. The predicted octanol–water partition coefficient (Wildman–Crippen LogP) is 4.15. The van der Waals surface area contributed by atoms with E-state index >= 15 is 0 Å². The number of nitriles is 2. The summed E-state index contributed by atoms with van der Waals surface area (Å²) >= 11 is 0. The topological polar surface area (TPSA) is 105 Å². The Hall–Kier alpha value is -4.03. The Bertz CT molecular complexity index is 1160. The van der Waals surface area contributed by atoms with Gasteiger partial charge in [-0.15, -0.1) is 0 Å². The Morgan fingerprint density at radius 3 is 2.48 bits per heavy atom. The maximum absolute atomic E-state index is 9.98. The highest BCUT2D eigenvalue weighted by Gasteiger charge is 2.25. The molecule has 2 aromatic carbocycles. The van der Waals surface area contributed by atoms with E-state index in [4.69, 9.17) is 15.2 Å². The molecule has 0 fully saturated rings. The van der Waals surface area contributed by atoms with Crippen molar-refractivity contribution in [2.24, 2.45) is 0 Å². The predicted molar refractivity (Wildman–Crippen MR) is 108 cm³/mol. The van der Waals surface area contributed by atoms with Crippen LogP contribution in [0.1, 0.15) is 35.2 Å². The summed E-state index contributed by atoms with van der Waals surface area (Å²) in [5, 5.41) is 19.7. The zero-order valence-corrected chi connectivity index (χ0v) is 15.8. The summed E-state index contributed by atoms with van der Waals surface area (Å²) in [5.41, 5.74) is 9.56. The maximum Gasteiger partial charge on any atom is 0.231 e. The van der Waals surface area contributed by atoms with E-state index < -0.39 is 0 Å². The van der Waals surface area contributed by atoms with Crippen molar-refractivity contribution in [2.45, 2.75) is 19.3 Å². The quantitative estimate of drug-likeness (QED) is 0.727. The minimum Gasteiger partial charge on any atom is -0.454 e. The molecule has 1 atom stereocenters. The van der Waals surface area contributed by atoms with Gasteiger partial charge in [0, 0.05) is 11.5 Å². The molecule has 0 saturated heterocycles. The Morgan fingerprint density at radius 2 is 1.76 bits per heavy atom. The average molecular weight is 382 g/mol. The highest BCUT2D eigenvalue weighted by atomic mass is 16.7. The van der Waals surface area contributed by atoms with E-state index in [1.54, 1.807) is 18.2 Å². The van der Waals surface area contributed by atoms with Crippen molar-refractivity contribution in [3.8, 4) is 34.8 Å². The number of benzene rings is 2. The Balaban J connectivity index is 1.86. The number of pyridine rings is 1. The first-order valence-corrected chi connectivity index (χ1v) is 9.20. The van der Waals surface area contributed by atoms with E-state index in [1.807, 2.05) is 37.3 Å². The highest BCUT2D eigenvalue weighted by Crippen LogP contribution is 2.40. The molecule has 6 nitrogen and oxygen atoms in total. The highest BCUT2D eigenvalue weighted by molar-refractivity contribution is 5.82. The first kappa shape index (κ1) is 18.3. The van der Waals surface area contributed by atoms with Gasteiger partial charge < -0.3 is 15.2 Å². The van der Waals surface area contributed by atoms with Gasteiger partial charge in [-0.1, -0.05) is 43.3 Å². The number of aromatic nitrogens is 1. The van der Waals surface area contributed by atoms with Gasteiger partial charge in [-0.05, 0) is 29.7 Å². The third-order valence-electron chi connectivity index (χ3n) is 4.99. The molecule has 1 aromatic heterocycles. The van der Waals surface area contributed by atoms with Crippen LogP contribution in [-0.2, 0) is 6.42 Å². The largest absolute Gasteiger partial charge is 0.454 e. The van der Waals surface area contributed by atoms with E-state index in [0.29, 0.717) is 40.3 Å². The summed E-state index contributed by atoms with van der Waals surface area (Å²) in [6, 6.07) is 19.7. The number of rotatable bonds is 4. The van der Waals surface area contributed by atoms with Gasteiger partial charge in [0.05, 0.1) is 11.3 Å². The summed E-state index contributed by atoms with van der Waals surface area (Å²) in [5.74, 6) is 1.26. The van der Waals surface area contributed by atoms with E-state index in [0.717, 1.165) is 5.56 Å². The van der Waals surface area contributed by atoms with Gasteiger partial charge in [0.2, 0.25) is 6.79 Å². The number of nitrogens with zero attached hydrogens (tertiary/aromatic N) is 3. The molecule has 3 aromatic rings. The number of nitrogens with two attached hydrogens (primary N) is 1. The molecule has 2 heterocycles. The lowest BCUT2D eigenvalue weighted by Gasteiger charge is -2.18. The monoisotopic (exact) mass is 382 g/mol. The lowest BCUT2D eigenvalue weighted by molar-refractivity contribution is 0.174. The fraction of sp³-hybridized carbons (Fsp3) is 0.174. The van der Waals surface area contributed by atoms with E-state index in [1.165, 1.54) is 0 Å². The molecule has 1 aliphatic rings. The van der Waals surface area contributed by atoms with Crippen molar-refractivity contribution in [1.29, 1.82) is 10.5 Å². The Labute approximate surface area is 168 Å². The molecule has 0 aliphatic carbocycles. The van der Waals surface area contributed by atoms with E-state index in [-0.39, 0.29) is 24.1 Å². The van der Waals surface area contributed by atoms with Crippen LogP contribution in [0.5, 0.6) is 11.5 Å². The minimum atomic E-state index is -0.0603. The fourth-order valence-corrected chi connectivity index (χ4v) is 3.61. The molecule has 0 amide bonds. The van der Waals surface area contributed by atoms with E-state index in [2.05, 4.69) is 17.1 Å². The fourth-order valence-electron chi connectivity index (χ4n) is 3.61. The SMILES string of the molecule is CC(Cc1ccccc1)c1nc(N)c(C#N)c(-c2ccc3c(c2)OCO3)c1C#N. The maximum atomic E-state index is 9.98. The van der Waals surface area contributed by atoms with Gasteiger partial charge in [-0.2, -0.15) is 10.5 Å². The number of hydrogen-bond acceptors (Lipinski definition) is 6. The zero-order chi connectivity index (χ0) is 20.4. The van der Waals surface area contributed by atoms with Crippen molar-refractivity contribution in [3.05, 3.63) is 70.9 Å². The van der Waals surface area contributed by atoms with Crippen LogP contribution in [-0.4, -0.2) is 11.8 Å². The van der Waals surface area contributed by atoms with Crippen LogP contribution in [0.15, 0.2) is 48.5 Å². The lowest BCUT2D eigenvalue weighted by atomic mass is 9.88. The van der Waals surface area contributed by atoms with Crippen molar-refractivity contribution < 1.29 is 9.47 Å². The van der Waals surface area contributed by atoms with Crippen LogP contribution < -0.4 is 15.2 Å². The summed E-state index contributed by atoms with van der Waals surface area (Å²) in [6.45, 7) is 2.15. The van der Waals surface area contributed by atoms with Gasteiger partial charge in [0.15, 0.2) is 11.5 Å². The standard InChI is InChI=1S/C23H18N4O2/c1-14(9-15-5-3-2-4-6-15)22-17(11-24)21(18(12-25)23(26)27-22)16-7-8-19-20(10-16)29-13-28-19/h2-8,10,14H,9,13H2,1H3,(H2,26,27). The smallest absolute Gasteiger partial charge is 0.231 e. The Morgan fingerprint density at radius 1 is 1.03 bits per heavy atom. The van der Waals surface area contributed by atoms with Crippen LogP contribution in [0.4, 0.5) is 5.82 Å². The molecule has 2 N–H and O–H groups in total. The molecule has 0 spiro atoms. The van der Waals surface area contributed by atoms with Crippen molar-refractivity contribution in [1.82, 2.24) is 4.98 Å². The van der Waals surface area contributed by atoms with Crippen LogP contribution in [0.25, 0.3) is 11.1 Å².